The SMILES string of the molecule is S=c1[nH]c2cccnc2n1CCn1ccnn1. The fraction of sp³-hybridized carbons (Fsp3) is 0.200. The zero-order valence-corrected chi connectivity index (χ0v) is 9.76. The molecule has 3 rings (SSSR count). The molecular formula is C10H10N6S. The van der Waals surface area contributed by atoms with E-state index < -0.39 is 0 Å². The molecule has 0 saturated carbocycles. The lowest BCUT2D eigenvalue weighted by atomic mass is 10.4. The molecule has 3 aromatic rings. The topological polar surface area (TPSA) is 64.3 Å². The van der Waals surface area contributed by atoms with Gasteiger partial charge in [0, 0.05) is 18.9 Å². The van der Waals surface area contributed by atoms with Crippen LogP contribution in [0, 0.1) is 4.77 Å². The second-order valence-electron chi connectivity index (χ2n) is 3.62. The third-order valence-corrected chi connectivity index (χ3v) is 2.88. The normalized spacial score (nSPS) is 11.1. The number of aryl methyl sites for hydroxylation is 2. The monoisotopic (exact) mass is 246 g/mol. The van der Waals surface area contributed by atoms with Crippen molar-refractivity contribution in [2.45, 2.75) is 13.1 Å². The van der Waals surface area contributed by atoms with E-state index in [-0.39, 0.29) is 0 Å². The molecule has 1 N–H and O–H groups in total. The molecule has 0 fully saturated rings. The molecule has 0 aliphatic heterocycles. The van der Waals surface area contributed by atoms with E-state index in [1.165, 1.54) is 0 Å². The van der Waals surface area contributed by atoms with Gasteiger partial charge in [0.05, 0.1) is 18.3 Å². The van der Waals surface area contributed by atoms with Crippen molar-refractivity contribution in [3.05, 3.63) is 35.5 Å². The van der Waals surface area contributed by atoms with Gasteiger partial charge in [-0.05, 0) is 24.4 Å². The van der Waals surface area contributed by atoms with Crippen LogP contribution in [-0.2, 0) is 13.1 Å². The van der Waals surface area contributed by atoms with Crippen molar-refractivity contribution >= 4 is 23.4 Å². The molecule has 6 nitrogen and oxygen atoms in total. The zero-order valence-electron chi connectivity index (χ0n) is 8.95. The van der Waals surface area contributed by atoms with Crippen LogP contribution in [-0.4, -0.2) is 29.5 Å². The van der Waals surface area contributed by atoms with Crippen molar-refractivity contribution in [2.75, 3.05) is 0 Å². The Kier molecular flexibility index (Phi) is 2.45. The summed E-state index contributed by atoms with van der Waals surface area (Å²) in [5.74, 6) is 0. The minimum Gasteiger partial charge on any atom is -0.329 e. The summed E-state index contributed by atoms with van der Waals surface area (Å²) < 4.78 is 4.41. The van der Waals surface area contributed by atoms with Gasteiger partial charge in [0.25, 0.3) is 0 Å². The van der Waals surface area contributed by atoms with Gasteiger partial charge in [0.1, 0.15) is 0 Å². The number of imidazole rings is 1. The Balaban J connectivity index is 1.94. The van der Waals surface area contributed by atoms with Gasteiger partial charge in [-0.2, -0.15) is 0 Å². The van der Waals surface area contributed by atoms with E-state index in [2.05, 4.69) is 20.3 Å². The molecule has 7 heteroatoms. The van der Waals surface area contributed by atoms with E-state index in [0.29, 0.717) is 4.77 Å². The highest BCUT2D eigenvalue weighted by atomic mass is 32.1. The molecule has 0 aliphatic rings. The summed E-state index contributed by atoms with van der Waals surface area (Å²) in [6, 6.07) is 3.85. The smallest absolute Gasteiger partial charge is 0.179 e. The minimum atomic E-state index is 0.679. The summed E-state index contributed by atoms with van der Waals surface area (Å²) in [6.45, 7) is 1.44. The standard InChI is InChI=1S/C10H10N6S/c17-10-13-8-2-1-3-11-9(8)16(10)7-6-15-5-4-12-14-15/h1-5H,6-7H2,(H,13,17). The predicted molar refractivity (Wildman–Crippen MR) is 64.9 cm³/mol. The van der Waals surface area contributed by atoms with E-state index in [4.69, 9.17) is 12.2 Å². The lowest BCUT2D eigenvalue weighted by molar-refractivity contribution is 0.521. The Morgan fingerprint density at radius 1 is 1.29 bits per heavy atom. The number of rotatable bonds is 3. The number of pyridine rings is 1. The second kappa shape index (κ2) is 4.10. The Morgan fingerprint density at radius 2 is 2.24 bits per heavy atom. The second-order valence-corrected chi connectivity index (χ2v) is 4.01. The summed E-state index contributed by atoms with van der Waals surface area (Å²) in [4.78, 5) is 7.45. The highest BCUT2D eigenvalue weighted by Gasteiger charge is 2.04. The first-order valence-electron chi connectivity index (χ1n) is 5.22. The molecule has 0 radical (unpaired) electrons. The van der Waals surface area contributed by atoms with Crippen molar-refractivity contribution in [3.8, 4) is 0 Å². The van der Waals surface area contributed by atoms with Crippen LogP contribution < -0.4 is 0 Å². The number of nitrogens with one attached hydrogen (secondary N) is 1. The number of hydrogen-bond donors (Lipinski definition) is 1. The van der Waals surface area contributed by atoms with Crippen LogP contribution in [0.3, 0.4) is 0 Å². The van der Waals surface area contributed by atoms with E-state index >= 15 is 0 Å². The summed E-state index contributed by atoms with van der Waals surface area (Å²) >= 11 is 5.27. The molecule has 0 bridgehead atoms. The Morgan fingerprint density at radius 3 is 3.06 bits per heavy atom. The minimum absolute atomic E-state index is 0.679. The maximum absolute atomic E-state index is 5.27. The van der Waals surface area contributed by atoms with Crippen LogP contribution in [0.5, 0.6) is 0 Å². The maximum Gasteiger partial charge on any atom is 0.179 e. The highest BCUT2D eigenvalue weighted by Crippen LogP contribution is 2.10. The van der Waals surface area contributed by atoms with Gasteiger partial charge in [0.15, 0.2) is 10.4 Å². The van der Waals surface area contributed by atoms with E-state index in [9.17, 15) is 0 Å². The molecule has 0 aliphatic carbocycles. The molecule has 0 saturated heterocycles. The number of aromatic amines is 1. The molecule has 3 aromatic heterocycles. The number of hydrogen-bond acceptors (Lipinski definition) is 4. The van der Waals surface area contributed by atoms with Crippen molar-refractivity contribution in [3.63, 3.8) is 0 Å². The van der Waals surface area contributed by atoms with Crippen LogP contribution in [0.2, 0.25) is 0 Å². The van der Waals surface area contributed by atoms with Crippen molar-refractivity contribution in [1.82, 2.24) is 29.5 Å². The van der Waals surface area contributed by atoms with Crippen LogP contribution in [0.1, 0.15) is 0 Å². The molecule has 0 atom stereocenters. The van der Waals surface area contributed by atoms with Gasteiger partial charge in [-0.3, -0.25) is 9.25 Å². The van der Waals surface area contributed by atoms with Crippen LogP contribution in [0.25, 0.3) is 11.2 Å². The number of fused-ring (bicyclic) bond motifs is 1. The van der Waals surface area contributed by atoms with Gasteiger partial charge in [-0.1, -0.05) is 5.21 Å². The fourth-order valence-electron chi connectivity index (χ4n) is 1.75. The fourth-order valence-corrected chi connectivity index (χ4v) is 2.04. The Bertz CT molecular complexity index is 680. The van der Waals surface area contributed by atoms with Gasteiger partial charge in [0.2, 0.25) is 0 Å². The molecule has 0 aromatic carbocycles. The zero-order chi connectivity index (χ0) is 11.7. The maximum atomic E-state index is 5.27. The van der Waals surface area contributed by atoms with Crippen molar-refractivity contribution < 1.29 is 0 Å². The van der Waals surface area contributed by atoms with Gasteiger partial charge in [-0.25, -0.2) is 4.98 Å². The van der Waals surface area contributed by atoms with Crippen molar-refractivity contribution in [1.29, 1.82) is 0 Å². The molecule has 86 valence electrons. The van der Waals surface area contributed by atoms with Gasteiger partial charge in [-0.15, -0.1) is 5.10 Å². The van der Waals surface area contributed by atoms with Gasteiger partial charge >= 0.3 is 0 Å². The molecule has 3 heterocycles. The Labute approximate surface area is 102 Å². The summed E-state index contributed by atoms with van der Waals surface area (Å²) in [5.41, 5.74) is 1.83. The summed E-state index contributed by atoms with van der Waals surface area (Å²) in [5, 5.41) is 7.68. The Hall–Kier alpha value is -2.02. The van der Waals surface area contributed by atoms with Crippen LogP contribution in [0.15, 0.2) is 30.7 Å². The number of nitrogens with zero attached hydrogens (tertiary/aromatic N) is 5. The van der Waals surface area contributed by atoms with E-state index in [1.807, 2.05) is 22.9 Å². The number of aromatic nitrogens is 6. The van der Waals surface area contributed by atoms with E-state index in [1.54, 1.807) is 17.1 Å². The summed E-state index contributed by atoms with van der Waals surface area (Å²) in [7, 11) is 0. The lowest BCUT2D eigenvalue weighted by Gasteiger charge is -2.03. The largest absolute Gasteiger partial charge is 0.329 e. The van der Waals surface area contributed by atoms with Crippen LogP contribution >= 0.6 is 12.2 Å². The van der Waals surface area contributed by atoms with E-state index in [0.717, 1.165) is 24.3 Å². The molecule has 0 unspecified atom stereocenters. The third-order valence-electron chi connectivity index (χ3n) is 2.55. The lowest BCUT2D eigenvalue weighted by Crippen LogP contribution is -2.08. The average molecular weight is 246 g/mol. The van der Waals surface area contributed by atoms with Crippen molar-refractivity contribution in [2.24, 2.45) is 0 Å². The average Bonchev–Trinajstić information content (AvgIpc) is 2.93. The third kappa shape index (κ3) is 1.84. The highest BCUT2D eigenvalue weighted by molar-refractivity contribution is 7.71. The molecule has 17 heavy (non-hydrogen) atoms. The summed E-state index contributed by atoms with van der Waals surface area (Å²) in [6.07, 6.45) is 5.25. The first-order valence-corrected chi connectivity index (χ1v) is 5.63. The quantitative estimate of drug-likeness (QED) is 0.709. The van der Waals surface area contributed by atoms with Crippen LogP contribution in [0.4, 0.5) is 0 Å². The first kappa shape index (κ1) is 10.2. The first-order chi connectivity index (χ1) is 8.34. The molecule has 0 amide bonds. The number of H-pyrrole nitrogens is 1. The molecule has 0 spiro atoms. The molecular weight excluding hydrogens is 236 g/mol. The van der Waals surface area contributed by atoms with Gasteiger partial charge < -0.3 is 4.98 Å². The predicted octanol–water partition coefficient (Wildman–Crippen LogP) is 1.39.